The fourth-order valence-electron chi connectivity index (χ4n) is 3.01. The van der Waals surface area contributed by atoms with Crippen LogP contribution in [0.15, 0.2) is 24.3 Å². The first-order valence-corrected chi connectivity index (χ1v) is 11.6. The van der Waals surface area contributed by atoms with Gasteiger partial charge in [-0.2, -0.15) is 85.0 Å². The Labute approximate surface area is 241 Å². The molecule has 0 saturated heterocycles. The van der Waals surface area contributed by atoms with Gasteiger partial charge in [-0.25, -0.2) is 4.79 Å². The topological polar surface area (TPSA) is 62.6 Å². The van der Waals surface area contributed by atoms with Gasteiger partial charge in [0, 0.05) is 6.42 Å². The summed E-state index contributed by atoms with van der Waals surface area (Å²) in [4.78, 5) is 17.2. The molecule has 0 N–H and O–H groups in total. The van der Waals surface area contributed by atoms with Gasteiger partial charge in [0.15, 0.2) is 0 Å². The number of hydrogen-bond acceptors (Lipinski definition) is 4. The zero-order chi connectivity index (χ0) is 35.9. The second kappa shape index (κ2) is 12.2. The van der Waals surface area contributed by atoms with Crippen LogP contribution in [0.2, 0.25) is 0 Å². The molecule has 0 unspecified atom stereocenters. The molecule has 0 fully saturated rings. The van der Waals surface area contributed by atoms with Gasteiger partial charge in [0.1, 0.15) is 5.60 Å². The van der Waals surface area contributed by atoms with Crippen LogP contribution in [0.5, 0.6) is 0 Å². The molecule has 258 valence electrons. The predicted octanol–water partition coefficient (Wildman–Crippen LogP) is 9.02. The molecule has 0 atom stereocenters. The molecule has 0 heterocycles. The molecule has 22 heteroatoms. The normalized spacial score (nSPS) is 14.6. The maximum absolute atomic E-state index is 14.1. The molecule has 0 saturated carbocycles. The van der Waals surface area contributed by atoms with E-state index < -0.39 is 78.8 Å². The van der Waals surface area contributed by atoms with E-state index in [2.05, 4.69) is 0 Å². The van der Waals surface area contributed by atoms with Crippen LogP contribution in [0.3, 0.4) is 0 Å². The number of alkyl halides is 17. The monoisotopic (exact) mass is 694 g/mol. The molecule has 1 aromatic rings. The molecule has 0 radical (unpaired) electrons. The molecule has 0 bridgehead atoms. The van der Waals surface area contributed by atoms with E-state index in [9.17, 15) is 79.4 Å². The first kappa shape index (κ1) is 39.8. The van der Waals surface area contributed by atoms with Crippen LogP contribution >= 0.6 is 0 Å². The van der Waals surface area contributed by atoms with Crippen molar-refractivity contribution in [3.8, 4) is 6.07 Å². The van der Waals surface area contributed by atoms with E-state index >= 15 is 0 Å². The molecule has 1 amide bonds. The molecule has 1 rings (SSSR count). The van der Waals surface area contributed by atoms with Crippen molar-refractivity contribution in [2.45, 2.75) is 86.8 Å². The van der Waals surface area contributed by atoms with Gasteiger partial charge in [-0.05, 0) is 51.5 Å². The molecular formula is C23H19F17N2O3. The fourth-order valence-corrected chi connectivity index (χ4v) is 3.01. The van der Waals surface area contributed by atoms with Gasteiger partial charge in [-0.15, -0.1) is 0 Å². The highest BCUT2D eigenvalue weighted by molar-refractivity contribution is 5.85. The van der Waals surface area contributed by atoms with Crippen LogP contribution in [0.4, 0.5) is 85.1 Å². The Morgan fingerprint density at radius 3 is 1.47 bits per heavy atom. The third kappa shape index (κ3) is 7.11. The number of anilines is 1. The smallest absolute Gasteiger partial charge is 0.442 e. The van der Waals surface area contributed by atoms with E-state index in [-0.39, 0.29) is 16.3 Å². The molecule has 45 heavy (non-hydrogen) atoms. The number of nitrogens with zero attached hydrogens (tertiary/aromatic N) is 2. The third-order valence-corrected chi connectivity index (χ3v) is 5.43. The summed E-state index contributed by atoms with van der Waals surface area (Å²) in [6.07, 6.45) is -13.6. The molecular weight excluding hydrogens is 675 g/mol. The summed E-state index contributed by atoms with van der Waals surface area (Å²) in [5.41, 5.74) is -1.57. The standard InChI is InChI=1S/C23H19F17N2O3/c1-15(2,3)45-14(43)42(13-7-5-12(11-41)6-8-13)44-10-4-9-16(24,25)17(26,27)18(28,29)19(30,31)20(32,33)21(34,35)22(36,37)23(38,39)40/h5-8H,4,9-10H2,1-3H3. The van der Waals surface area contributed by atoms with Gasteiger partial charge in [0.2, 0.25) is 0 Å². The summed E-state index contributed by atoms with van der Waals surface area (Å²) >= 11 is 0. The SMILES string of the molecule is CC(C)(C)OC(=O)N(OCCCC(F)(F)C(F)(F)C(F)(F)C(F)(F)C(F)(F)C(F)(F)C(F)(F)C(F)(F)F)c1ccc(C#N)cc1. The van der Waals surface area contributed by atoms with E-state index in [0.717, 1.165) is 24.3 Å². The fraction of sp³-hybridized carbons (Fsp3) is 0.652. The van der Waals surface area contributed by atoms with Crippen molar-refractivity contribution in [1.29, 1.82) is 5.26 Å². The van der Waals surface area contributed by atoms with Gasteiger partial charge >= 0.3 is 53.7 Å². The van der Waals surface area contributed by atoms with Crippen molar-refractivity contribution in [3.63, 3.8) is 0 Å². The number of halogens is 17. The number of amides is 1. The number of carbonyl (C=O) groups excluding carboxylic acids is 1. The van der Waals surface area contributed by atoms with Gasteiger partial charge in [-0.3, -0.25) is 4.84 Å². The highest BCUT2D eigenvalue weighted by atomic mass is 19.4. The zero-order valence-corrected chi connectivity index (χ0v) is 22.5. The largest absolute Gasteiger partial charge is 0.460 e. The van der Waals surface area contributed by atoms with Crippen LogP contribution in [0.1, 0.15) is 39.2 Å². The second-order valence-electron chi connectivity index (χ2n) is 10.0. The first-order chi connectivity index (χ1) is 19.8. The quantitative estimate of drug-likeness (QED) is 0.125. The minimum atomic E-state index is -8.71. The van der Waals surface area contributed by atoms with Crippen molar-refractivity contribution in [2.75, 3.05) is 11.7 Å². The number of nitriles is 1. The van der Waals surface area contributed by atoms with Crippen molar-refractivity contribution < 1.29 is 89.0 Å². The van der Waals surface area contributed by atoms with Crippen molar-refractivity contribution in [1.82, 2.24) is 0 Å². The number of ether oxygens (including phenoxy) is 1. The van der Waals surface area contributed by atoms with E-state index in [1.54, 1.807) is 6.07 Å². The molecule has 0 aliphatic heterocycles. The van der Waals surface area contributed by atoms with Gasteiger partial charge in [-0.1, -0.05) is 0 Å². The minimum absolute atomic E-state index is 0.00737. The lowest BCUT2D eigenvalue weighted by molar-refractivity contribution is -0.461. The van der Waals surface area contributed by atoms with Crippen LogP contribution in [0.25, 0.3) is 0 Å². The summed E-state index contributed by atoms with van der Waals surface area (Å²) in [7, 11) is 0. The number of hydroxylamine groups is 1. The minimum Gasteiger partial charge on any atom is -0.442 e. The van der Waals surface area contributed by atoms with E-state index in [4.69, 9.17) is 14.8 Å². The lowest BCUT2D eigenvalue weighted by Crippen LogP contribution is -2.74. The van der Waals surface area contributed by atoms with E-state index in [1.807, 2.05) is 0 Å². The Bertz CT molecular complexity index is 1230. The van der Waals surface area contributed by atoms with Crippen LogP contribution < -0.4 is 5.06 Å². The zero-order valence-electron chi connectivity index (χ0n) is 22.5. The third-order valence-electron chi connectivity index (χ3n) is 5.43. The Balaban J connectivity index is 3.29. The Morgan fingerprint density at radius 2 is 1.09 bits per heavy atom. The Morgan fingerprint density at radius 1 is 0.689 bits per heavy atom. The van der Waals surface area contributed by atoms with Gasteiger partial charge in [0.25, 0.3) is 0 Å². The number of rotatable bonds is 12. The molecule has 1 aromatic carbocycles. The summed E-state index contributed by atoms with van der Waals surface area (Å²) < 4.78 is 233. The maximum Gasteiger partial charge on any atom is 0.460 e. The van der Waals surface area contributed by atoms with Crippen LogP contribution in [0, 0.1) is 11.3 Å². The van der Waals surface area contributed by atoms with Gasteiger partial charge < -0.3 is 4.74 Å². The molecule has 5 nitrogen and oxygen atoms in total. The summed E-state index contributed by atoms with van der Waals surface area (Å²) in [6.45, 7) is 2.59. The number of benzene rings is 1. The molecule has 0 aromatic heterocycles. The number of hydrogen-bond donors (Lipinski definition) is 0. The predicted molar refractivity (Wildman–Crippen MR) is 116 cm³/mol. The van der Waals surface area contributed by atoms with E-state index in [1.165, 1.54) is 20.8 Å². The lowest BCUT2D eigenvalue weighted by Gasteiger charge is -2.42. The molecule has 0 spiro atoms. The van der Waals surface area contributed by atoms with Crippen LogP contribution in [-0.2, 0) is 9.57 Å². The second-order valence-corrected chi connectivity index (χ2v) is 10.0. The first-order valence-electron chi connectivity index (χ1n) is 11.6. The lowest BCUT2D eigenvalue weighted by atomic mass is 9.88. The van der Waals surface area contributed by atoms with E-state index in [0.29, 0.717) is 0 Å². The summed E-state index contributed by atoms with van der Waals surface area (Å²) in [6, 6.07) is 5.85. The van der Waals surface area contributed by atoms with Gasteiger partial charge in [0.05, 0.1) is 23.9 Å². The highest BCUT2D eigenvalue weighted by Crippen LogP contribution is 2.64. The average Bonchev–Trinajstić information content (AvgIpc) is 2.86. The molecule has 0 aliphatic rings. The van der Waals surface area contributed by atoms with Crippen LogP contribution in [-0.4, -0.2) is 65.9 Å². The summed E-state index contributed by atoms with van der Waals surface area (Å²) in [5.74, 6) is -57.0. The van der Waals surface area contributed by atoms with Crippen molar-refractivity contribution >= 4 is 11.8 Å². The highest BCUT2D eigenvalue weighted by Gasteiger charge is 2.95. The average molecular weight is 694 g/mol. The van der Waals surface area contributed by atoms with Crippen molar-refractivity contribution in [2.24, 2.45) is 0 Å². The van der Waals surface area contributed by atoms with Crippen molar-refractivity contribution in [3.05, 3.63) is 29.8 Å². The Hall–Kier alpha value is -3.25. The summed E-state index contributed by atoms with van der Waals surface area (Å²) in [5, 5.41) is 9.00. The number of carbonyl (C=O) groups is 1. The maximum atomic E-state index is 14.1. The Kier molecular flexibility index (Phi) is 10.8. The molecule has 0 aliphatic carbocycles.